The average molecular weight is 311 g/mol. The molecule has 22 heavy (non-hydrogen) atoms. The second kappa shape index (κ2) is 7.63. The van der Waals surface area contributed by atoms with E-state index in [1.54, 1.807) is 0 Å². The van der Waals surface area contributed by atoms with Crippen molar-refractivity contribution in [3.05, 3.63) is 0 Å². The molecular weight excluding hydrogens is 272 g/mol. The Hall–Kier alpha value is -0.120. The predicted octanol–water partition coefficient (Wildman–Crippen LogP) is 3.78. The molecule has 5 rings (SSSR count). The standard InChI is InChI=1S/C15H26N2O.2C2H6/c1-14-10-15(11-14,12-14)17-4-2-13(3-5-17)16-6-8-18-9-7-16;2*1-2/h13H,2-12H2,1H3;2*1-2H3. The molecule has 2 aliphatic heterocycles. The van der Waals surface area contributed by atoms with Gasteiger partial charge in [-0.25, -0.2) is 0 Å². The molecule has 0 amide bonds. The lowest BCUT2D eigenvalue weighted by molar-refractivity contribution is -0.216. The Balaban J connectivity index is 0.000000410. The van der Waals surface area contributed by atoms with E-state index in [1.165, 1.54) is 45.2 Å². The van der Waals surface area contributed by atoms with Crippen molar-refractivity contribution in [1.29, 1.82) is 0 Å². The van der Waals surface area contributed by atoms with Crippen molar-refractivity contribution in [2.24, 2.45) is 5.41 Å². The Morgan fingerprint density at radius 3 is 1.77 bits per heavy atom. The average Bonchev–Trinajstić information content (AvgIpc) is 2.56. The molecule has 2 saturated heterocycles. The van der Waals surface area contributed by atoms with Crippen LogP contribution in [-0.4, -0.2) is 60.8 Å². The van der Waals surface area contributed by atoms with Gasteiger partial charge in [0.2, 0.25) is 0 Å². The van der Waals surface area contributed by atoms with Crippen LogP contribution in [0.15, 0.2) is 0 Å². The van der Waals surface area contributed by atoms with E-state index in [9.17, 15) is 0 Å². The predicted molar refractivity (Wildman–Crippen MR) is 94.4 cm³/mol. The lowest BCUT2D eigenvalue weighted by Gasteiger charge is -2.74. The zero-order valence-corrected chi connectivity index (χ0v) is 15.7. The Labute approximate surface area is 138 Å². The maximum absolute atomic E-state index is 5.46. The number of morpholine rings is 1. The topological polar surface area (TPSA) is 15.7 Å². The number of hydrogen-bond acceptors (Lipinski definition) is 3. The minimum atomic E-state index is 0.671. The molecule has 2 heterocycles. The summed E-state index contributed by atoms with van der Waals surface area (Å²) in [5, 5.41) is 0. The van der Waals surface area contributed by atoms with Crippen molar-refractivity contribution in [2.75, 3.05) is 39.4 Å². The minimum Gasteiger partial charge on any atom is -0.379 e. The van der Waals surface area contributed by atoms with E-state index in [2.05, 4.69) is 16.7 Å². The third-order valence-corrected chi connectivity index (χ3v) is 5.96. The molecule has 0 aromatic rings. The number of rotatable bonds is 2. The van der Waals surface area contributed by atoms with Gasteiger partial charge in [-0.1, -0.05) is 34.6 Å². The van der Waals surface area contributed by atoms with Gasteiger partial charge in [0.1, 0.15) is 0 Å². The Morgan fingerprint density at radius 2 is 1.32 bits per heavy atom. The molecule has 0 radical (unpaired) electrons. The Kier molecular flexibility index (Phi) is 6.32. The summed E-state index contributed by atoms with van der Waals surface area (Å²) >= 11 is 0. The molecule has 0 aromatic carbocycles. The highest BCUT2D eigenvalue weighted by Gasteiger charge is 2.67. The monoisotopic (exact) mass is 310 g/mol. The van der Waals surface area contributed by atoms with Gasteiger partial charge < -0.3 is 4.74 Å². The van der Waals surface area contributed by atoms with Crippen molar-refractivity contribution in [3.8, 4) is 0 Å². The third kappa shape index (κ3) is 3.37. The lowest BCUT2D eigenvalue weighted by Crippen LogP contribution is -2.74. The molecule has 3 nitrogen and oxygen atoms in total. The highest BCUT2D eigenvalue weighted by molar-refractivity contribution is 5.22. The van der Waals surface area contributed by atoms with Crippen LogP contribution < -0.4 is 0 Å². The number of hydrogen-bond donors (Lipinski definition) is 0. The van der Waals surface area contributed by atoms with Crippen LogP contribution in [0.25, 0.3) is 0 Å². The van der Waals surface area contributed by atoms with Gasteiger partial charge in [-0.3, -0.25) is 9.80 Å². The second-order valence-electron chi connectivity index (χ2n) is 7.43. The van der Waals surface area contributed by atoms with E-state index < -0.39 is 0 Å². The normalized spacial score (nSPS) is 38.6. The van der Waals surface area contributed by atoms with Crippen LogP contribution in [0.5, 0.6) is 0 Å². The SMILES string of the molecule is CC.CC.CC12CC(N3CCC(N4CCOCC4)CC3)(C1)C2. The van der Waals surface area contributed by atoms with Crippen LogP contribution in [0, 0.1) is 5.41 Å². The molecule has 0 atom stereocenters. The summed E-state index contributed by atoms with van der Waals surface area (Å²) in [6.45, 7) is 17.4. The fraction of sp³-hybridized carbons (Fsp3) is 1.00. The maximum atomic E-state index is 5.46. The van der Waals surface area contributed by atoms with Crippen LogP contribution in [0.3, 0.4) is 0 Å². The fourth-order valence-corrected chi connectivity index (χ4v) is 5.21. The van der Waals surface area contributed by atoms with Crippen LogP contribution in [0.2, 0.25) is 0 Å². The first-order chi connectivity index (χ1) is 10.7. The largest absolute Gasteiger partial charge is 0.379 e. The maximum Gasteiger partial charge on any atom is 0.0594 e. The molecule has 3 aliphatic carbocycles. The quantitative estimate of drug-likeness (QED) is 0.772. The van der Waals surface area contributed by atoms with Crippen molar-refractivity contribution < 1.29 is 4.74 Å². The van der Waals surface area contributed by atoms with Gasteiger partial charge in [-0.15, -0.1) is 0 Å². The second-order valence-corrected chi connectivity index (χ2v) is 7.43. The van der Waals surface area contributed by atoms with E-state index >= 15 is 0 Å². The zero-order valence-electron chi connectivity index (χ0n) is 15.7. The van der Waals surface area contributed by atoms with Gasteiger partial charge in [-0.05, 0) is 37.5 Å². The Morgan fingerprint density at radius 1 is 0.818 bits per heavy atom. The van der Waals surface area contributed by atoms with Crippen LogP contribution >= 0.6 is 0 Å². The summed E-state index contributed by atoms with van der Waals surface area (Å²) in [6.07, 6.45) is 7.24. The third-order valence-electron chi connectivity index (χ3n) is 5.96. The molecular formula is C19H38N2O. The van der Waals surface area contributed by atoms with Crippen LogP contribution in [-0.2, 0) is 4.74 Å². The van der Waals surface area contributed by atoms with E-state index in [4.69, 9.17) is 4.74 Å². The van der Waals surface area contributed by atoms with E-state index in [0.29, 0.717) is 5.54 Å². The molecule has 5 aliphatic rings. The molecule has 3 saturated carbocycles. The van der Waals surface area contributed by atoms with Crippen molar-refractivity contribution in [1.82, 2.24) is 9.80 Å². The summed E-state index contributed by atoms with van der Waals surface area (Å²) in [6, 6.07) is 0.841. The van der Waals surface area contributed by atoms with Gasteiger partial charge in [0.05, 0.1) is 13.2 Å². The summed E-state index contributed by atoms with van der Waals surface area (Å²) in [5.74, 6) is 0. The van der Waals surface area contributed by atoms with Gasteiger partial charge >= 0.3 is 0 Å². The molecule has 2 bridgehead atoms. The molecule has 0 aromatic heterocycles. The highest BCUT2D eigenvalue weighted by Crippen LogP contribution is 2.69. The Bertz CT molecular complexity index is 311. The summed E-state index contributed by atoms with van der Waals surface area (Å²) in [5.41, 5.74) is 1.42. The fourth-order valence-electron chi connectivity index (χ4n) is 5.21. The zero-order chi connectivity index (χ0) is 16.2. The minimum absolute atomic E-state index is 0.671. The van der Waals surface area contributed by atoms with Crippen molar-refractivity contribution in [2.45, 2.75) is 78.3 Å². The van der Waals surface area contributed by atoms with Gasteiger partial charge in [0, 0.05) is 37.8 Å². The summed E-state index contributed by atoms with van der Waals surface area (Å²) in [7, 11) is 0. The first kappa shape index (κ1) is 18.2. The lowest BCUT2D eigenvalue weighted by atomic mass is 9.39. The number of nitrogens with zero attached hydrogens (tertiary/aromatic N) is 2. The smallest absolute Gasteiger partial charge is 0.0594 e. The first-order valence-corrected chi connectivity index (χ1v) is 9.76. The number of piperidine rings is 1. The number of likely N-dealkylation sites (tertiary alicyclic amines) is 1. The number of ether oxygens (including phenoxy) is 1. The van der Waals surface area contributed by atoms with Gasteiger partial charge in [0.15, 0.2) is 0 Å². The van der Waals surface area contributed by atoms with E-state index in [1.807, 2.05) is 27.7 Å². The first-order valence-electron chi connectivity index (χ1n) is 9.76. The molecule has 0 N–H and O–H groups in total. The van der Waals surface area contributed by atoms with Crippen LogP contribution in [0.1, 0.15) is 66.7 Å². The van der Waals surface area contributed by atoms with Crippen LogP contribution in [0.4, 0.5) is 0 Å². The van der Waals surface area contributed by atoms with Crippen molar-refractivity contribution in [3.63, 3.8) is 0 Å². The van der Waals surface area contributed by atoms with E-state index in [-0.39, 0.29) is 0 Å². The molecule has 5 fully saturated rings. The van der Waals surface area contributed by atoms with Gasteiger partial charge in [-0.2, -0.15) is 0 Å². The van der Waals surface area contributed by atoms with Gasteiger partial charge in [0.25, 0.3) is 0 Å². The summed E-state index contributed by atoms with van der Waals surface area (Å²) in [4.78, 5) is 5.50. The highest BCUT2D eigenvalue weighted by atomic mass is 16.5. The van der Waals surface area contributed by atoms with E-state index in [0.717, 1.165) is 37.8 Å². The molecule has 0 unspecified atom stereocenters. The molecule has 130 valence electrons. The summed E-state index contributed by atoms with van der Waals surface area (Å²) < 4.78 is 5.46. The van der Waals surface area contributed by atoms with Crippen molar-refractivity contribution >= 4 is 0 Å². The molecule has 0 spiro atoms. The molecule has 3 heteroatoms.